The number of nitrogens with zero attached hydrogens (tertiary/aromatic N) is 1. The predicted octanol–water partition coefficient (Wildman–Crippen LogP) is 5.04. The van der Waals surface area contributed by atoms with Crippen LogP contribution >= 0.6 is 15.9 Å². The maximum Gasteiger partial charge on any atom is 0.290 e. The number of aromatic nitrogens is 1. The predicted molar refractivity (Wildman–Crippen MR) is 76.1 cm³/mol. The van der Waals surface area contributed by atoms with E-state index in [-0.39, 0.29) is 5.82 Å². The molecule has 3 nitrogen and oxygen atoms in total. The van der Waals surface area contributed by atoms with Gasteiger partial charge in [-0.25, -0.2) is 9.37 Å². The topological polar surface area (TPSA) is 35.3 Å². The molecule has 0 atom stereocenters. The van der Waals surface area contributed by atoms with Crippen LogP contribution in [0.5, 0.6) is 11.7 Å². The molecule has 100 valence electrons. The molecule has 0 aliphatic rings. The number of halogens is 2. The van der Waals surface area contributed by atoms with Gasteiger partial charge in [0.1, 0.15) is 21.9 Å². The van der Waals surface area contributed by atoms with Gasteiger partial charge in [-0.2, -0.15) is 0 Å². The van der Waals surface area contributed by atoms with Crippen molar-refractivity contribution in [3.05, 3.63) is 65.0 Å². The minimum absolute atomic E-state index is 0.309. The summed E-state index contributed by atoms with van der Waals surface area (Å²) >= 11 is 3.31. The fraction of sp³-hybridized carbons (Fsp3) is 0. The highest BCUT2D eigenvalue weighted by Gasteiger charge is 2.08. The highest BCUT2D eigenvalue weighted by Crippen LogP contribution is 2.29. The summed E-state index contributed by atoms with van der Waals surface area (Å²) in [5, 5.41) is 0. The fourth-order valence-corrected chi connectivity index (χ4v) is 2.02. The third kappa shape index (κ3) is 2.88. The van der Waals surface area contributed by atoms with E-state index in [1.807, 2.05) is 18.2 Å². The van der Waals surface area contributed by atoms with Crippen molar-refractivity contribution in [3.63, 3.8) is 0 Å². The molecule has 5 heteroatoms. The minimum Gasteiger partial charge on any atom is -0.426 e. The highest BCUT2D eigenvalue weighted by atomic mass is 79.9. The summed E-state index contributed by atoms with van der Waals surface area (Å²) in [4.78, 5) is 4.29. The molecule has 0 aliphatic carbocycles. The molecule has 2 heterocycles. The lowest BCUT2D eigenvalue weighted by Crippen LogP contribution is -1.82. The van der Waals surface area contributed by atoms with Gasteiger partial charge in [-0.15, -0.1) is 0 Å². The quantitative estimate of drug-likeness (QED) is 0.630. The average molecular weight is 334 g/mol. The summed E-state index contributed by atoms with van der Waals surface area (Å²) in [6.07, 6.45) is 0. The van der Waals surface area contributed by atoms with Crippen LogP contribution in [0.2, 0.25) is 0 Å². The van der Waals surface area contributed by atoms with Gasteiger partial charge in [0, 0.05) is 6.07 Å². The van der Waals surface area contributed by atoms with E-state index in [9.17, 15) is 4.39 Å². The smallest absolute Gasteiger partial charge is 0.290 e. The zero-order valence-electron chi connectivity index (χ0n) is 10.2. The third-order valence-electron chi connectivity index (χ3n) is 2.58. The van der Waals surface area contributed by atoms with Crippen molar-refractivity contribution in [3.8, 4) is 23.1 Å². The molecular formula is C15H9BrFNO2. The lowest BCUT2D eigenvalue weighted by atomic mass is 10.3. The van der Waals surface area contributed by atoms with Gasteiger partial charge in [-0.05, 0) is 58.4 Å². The molecule has 0 spiro atoms. The molecule has 1 aromatic carbocycles. The molecule has 3 aromatic rings. The van der Waals surface area contributed by atoms with Crippen LogP contribution in [-0.4, -0.2) is 4.98 Å². The summed E-state index contributed by atoms with van der Waals surface area (Å²) in [5.74, 6) is 1.13. The zero-order chi connectivity index (χ0) is 13.9. The molecule has 2 aromatic heterocycles. The van der Waals surface area contributed by atoms with E-state index >= 15 is 0 Å². The molecule has 0 saturated heterocycles. The van der Waals surface area contributed by atoms with E-state index < -0.39 is 0 Å². The molecule has 20 heavy (non-hydrogen) atoms. The van der Waals surface area contributed by atoms with Crippen molar-refractivity contribution in [1.82, 2.24) is 4.98 Å². The van der Waals surface area contributed by atoms with Gasteiger partial charge in [0.05, 0.1) is 0 Å². The normalized spacial score (nSPS) is 10.5. The Balaban J connectivity index is 1.82. The molecule has 0 fully saturated rings. The van der Waals surface area contributed by atoms with E-state index in [0.717, 1.165) is 4.60 Å². The van der Waals surface area contributed by atoms with Gasteiger partial charge in [0.2, 0.25) is 0 Å². The van der Waals surface area contributed by atoms with Crippen LogP contribution in [0.4, 0.5) is 4.39 Å². The van der Waals surface area contributed by atoms with Gasteiger partial charge in [0.15, 0.2) is 5.76 Å². The van der Waals surface area contributed by atoms with Gasteiger partial charge >= 0.3 is 0 Å². The van der Waals surface area contributed by atoms with E-state index in [4.69, 9.17) is 9.15 Å². The molecule has 0 unspecified atom stereocenters. The number of benzene rings is 1. The average Bonchev–Trinajstić information content (AvgIpc) is 2.90. The van der Waals surface area contributed by atoms with E-state index in [1.165, 1.54) is 24.3 Å². The molecule has 3 rings (SSSR count). The Labute approximate surface area is 123 Å². The Kier molecular flexibility index (Phi) is 3.52. The first-order valence-electron chi connectivity index (χ1n) is 5.87. The molecule has 0 bridgehead atoms. The van der Waals surface area contributed by atoms with Crippen LogP contribution in [0.25, 0.3) is 11.5 Å². The molecule has 0 saturated carbocycles. The monoisotopic (exact) mass is 333 g/mol. The van der Waals surface area contributed by atoms with Crippen molar-refractivity contribution in [2.75, 3.05) is 0 Å². The minimum atomic E-state index is -0.309. The van der Waals surface area contributed by atoms with Crippen LogP contribution in [-0.2, 0) is 0 Å². The number of pyridine rings is 1. The van der Waals surface area contributed by atoms with Gasteiger partial charge < -0.3 is 9.15 Å². The number of ether oxygens (including phenoxy) is 1. The molecule has 0 N–H and O–H groups in total. The molecule has 0 radical (unpaired) electrons. The van der Waals surface area contributed by atoms with Crippen LogP contribution in [0.1, 0.15) is 0 Å². The Hall–Kier alpha value is -2.14. The van der Waals surface area contributed by atoms with Crippen molar-refractivity contribution in [2.24, 2.45) is 0 Å². The first kappa shape index (κ1) is 12.9. The third-order valence-corrected chi connectivity index (χ3v) is 3.02. The maximum absolute atomic E-state index is 12.8. The van der Waals surface area contributed by atoms with E-state index in [1.54, 1.807) is 12.1 Å². The highest BCUT2D eigenvalue weighted by molar-refractivity contribution is 9.10. The first-order chi connectivity index (χ1) is 9.70. The van der Waals surface area contributed by atoms with Crippen molar-refractivity contribution >= 4 is 15.9 Å². The van der Waals surface area contributed by atoms with Gasteiger partial charge in [-0.3, -0.25) is 0 Å². The van der Waals surface area contributed by atoms with Crippen LogP contribution in [0.3, 0.4) is 0 Å². The fourth-order valence-electron chi connectivity index (χ4n) is 1.68. The zero-order valence-corrected chi connectivity index (χ0v) is 11.8. The standard InChI is InChI=1S/C15H9BrFNO2/c16-14-3-1-2-12(18-14)13-8-9-15(20-13)19-11-6-4-10(17)5-7-11/h1-9H. The number of hydrogen-bond acceptors (Lipinski definition) is 3. The molecule has 0 aliphatic heterocycles. The van der Waals surface area contributed by atoms with Gasteiger partial charge in [-0.1, -0.05) is 6.07 Å². The number of rotatable bonds is 3. The Morgan fingerprint density at radius 1 is 1.00 bits per heavy atom. The van der Waals surface area contributed by atoms with Crippen molar-refractivity contribution < 1.29 is 13.5 Å². The van der Waals surface area contributed by atoms with Gasteiger partial charge in [0.25, 0.3) is 5.95 Å². The summed E-state index contributed by atoms with van der Waals surface area (Å²) in [5.41, 5.74) is 0.702. The second kappa shape index (κ2) is 5.46. The lowest BCUT2D eigenvalue weighted by molar-refractivity contribution is 0.351. The van der Waals surface area contributed by atoms with Crippen molar-refractivity contribution in [1.29, 1.82) is 0 Å². The SMILES string of the molecule is Fc1ccc(Oc2ccc(-c3cccc(Br)n3)o2)cc1. The molecule has 0 amide bonds. The Morgan fingerprint density at radius 2 is 1.80 bits per heavy atom. The first-order valence-corrected chi connectivity index (χ1v) is 6.66. The van der Waals surface area contributed by atoms with E-state index in [0.29, 0.717) is 23.1 Å². The lowest BCUT2D eigenvalue weighted by Gasteiger charge is -2.01. The summed E-state index contributed by atoms with van der Waals surface area (Å²) in [6.45, 7) is 0. The van der Waals surface area contributed by atoms with Crippen molar-refractivity contribution in [2.45, 2.75) is 0 Å². The molecular weight excluding hydrogens is 325 g/mol. The van der Waals surface area contributed by atoms with Crippen LogP contribution in [0.15, 0.2) is 63.6 Å². The second-order valence-electron chi connectivity index (χ2n) is 4.02. The summed E-state index contributed by atoms with van der Waals surface area (Å²) < 4.78 is 24.6. The Bertz CT molecular complexity index is 725. The largest absolute Gasteiger partial charge is 0.426 e. The number of furan rings is 1. The summed E-state index contributed by atoms with van der Waals surface area (Å²) in [7, 11) is 0. The van der Waals surface area contributed by atoms with E-state index in [2.05, 4.69) is 20.9 Å². The maximum atomic E-state index is 12.8. The Morgan fingerprint density at radius 3 is 2.55 bits per heavy atom. The van der Waals surface area contributed by atoms with Crippen LogP contribution < -0.4 is 4.74 Å². The number of hydrogen-bond donors (Lipinski definition) is 0. The summed E-state index contributed by atoms with van der Waals surface area (Å²) in [6, 6.07) is 14.7. The van der Waals surface area contributed by atoms with Crippen LogP contribution in [0, 0.1) is 5.82 Å². The second-order valence-corrected chi connectivity index (χ2v) is 4.83.